The summed E-state index contributed by atoms with van der Waals surface area (Å²) in [6.07, 6.45) is 0.718. The van der Waals surface area contributed by atoms with Crippen LogP contribution in [0.25, 0.3) is 0 Å². The zero-order chi connectivity index (χ0) is 7.11. The third-order valence-electron chi connectivity index (χ3n) is 0.490. The second-order valence-corrected chi connectivity index (χ2v) is 1.23. The lowest BCUT2D eigenvalue weighted by Crippen LogP contribution is -2.12. The van der Waals surface area contributed by atoms with E-state index in [1.807, 2.05) is 0 Å². The topological polar surface area (TPSA) is 81.9 Å². The summed E-state index contributed by atoms with van der Waals surface area (Å²) in [6, 6.07) is 0. The molecule has 0 amide bonds. The summed E-state index contributed by atoms with van der Waals surface area (Å²) in [5.41, 5.74) is 2.31. The number of hydrogen-bond donors (Lipinski definition) is 3. The first-order chi connectivity index (χ1) is 4.27. The predicted molar refractivity (Wildman–Crippen MR) is 31.2 cm³/mol. The Morgan fingerprint density at radius 1 is 1.78 bits per heavy atom. The van der Waals surface area contributed by atoms with Crippen LogP contribution >= 0.6 is 0 Å². The van der Waals surface area contributed by atoms with Crippen molar-refractivity contribution in [2.24, 2.45) is 5.10 Å². The molecule has 0 saturated carbocycles. The SMILES string of the molecule is O=C(O)/C=N/NCCO. The molecule has 0 heterocycles. The molecule has 3 N–H and O–H groups in total. The van der Waals surface area contributed by atoms with Gasteiger partial charge >= 0.3 is 5.97 Å². The summed E-state index contributed by atoms with van der Waals surface area (Å²) < 4.78 is 0. The molecule has 0 rings (SSSR count). The predicted octanol–water partition coefficient (Wildman–Crippen LogP) is -1.36. The highest BCUT2D eigenvalue weighted by Gasteiger charge is 1.83. The molecule has 5 nitrogen and oxygen atoms in total. The number of carboxylic acids is 1. The number of hydrazone groups is 1. The van der Waals surface area contributed by atoms with Gasteiger partial charge in [0.25, 0.3) is 0 Å². The number of aliphatic hydroxyl groups is 1. The van der Waals surface area contributed by atoms with Crippen LogP contribution in [-0.2, 0) is 4.79 Å². The molecule has 0 aromatic carbocycles. The fourth-order valence-corrected chi connectivity index (χ4v) is 0.215. The second-order valence-electron chi connectivity index (χ2n) is 1.23. The number of carbonyl (C=O) groups is 1. The van der Waals surface area contributed by atoms with E-state index in [0.717, 1.165) is 6.21 Å². The van der Waals surface area contributed by atoms with Gasteiger partial charge in [0.15, 0.2) is 0 Å². The van der Waals surface area contributed by atoms with E-state index in [1.54, 1.807) is 0 Å². The number of hydrogen-bond acceptors (Lipinski definition) is 4. The van der Waals surface area contributed by atoms with E-state index in [2.05, 4.69) is 10.5 Å². The van der Waals surface area contributed by atoms with Crippen LogP contribution in [0.5, 0.6) is 0 Å². The van der Waals surface area contributed by atoms with Gasteiger partial charge in [0.05, 0.1) is 13.2 Å². The molecule has 0 unspecified atom stereocenters. The number of aliphatic carboxylic acids is 1. The Kier molecular flexibility index (Phi) is 4.43. The summed E-state index contributed by atoms with van der Waals surface area (Å²) >= 11 is 0. The molecular weight excluding hydrogens is 124 g/mol. The number of nitrogens with zero attached hydrogens (tertiary/aromatic N) is 1. The van der Waals surface area contributed by atoms with Crippen molar-refractivity contribution in [3.8, 4) is 0 Å². The molecule has 52 valence electrons. The van der Waals surface area contributed by atoms with Gasteiger partial charge in [-0.15, -0.1) is 0 Å². The Morgan fingerprint density at radius 3 is 2.89 bits per heavy atom. The van der Waals surface area contributed by atoms with Crippen molar-refractivity contribution in [2.75, 3.05) is 13.2 Å². The first-order valence-corrected chi connectivity index (χ1v) is 2.37. The van der Waals surface area contributed by atoms with Crippen molar-refractivity contribution in [3.63, 3.8) is 0 Å². The molecule has 0 atom stereocenters. The van der Waals surface area contributed by atoms with Crippen molar-refractivity contribution < 1.29 is 15.0 Å². The lowest BCUT2D eigenvalue weighted by atomic mass is 10.7. The molecular formula is C4H8N2O3. The van der Waals surface area contributed by atoms with E-state index in [1.165, 1.54) is 0 Å². The number of aliphatic hydroxyl groups excluding tert-OH is 1. The quantitative estimate of drug-likeness (QED) is 0.250. The van der Waals surface area contributed by atoms with Crippen LogP contribution in [0.2, 0.25) is 0 Å². The monoisotopic (exact) mass is 132 g/mol. The van der Waals surface area contributed by atoms with Crippen LogP contribution in [0.1, 0.15) is 0 Å². The van der Waals surface area contributed by atoms with Crippen LogP contribution < -0.4 is 5.43 Å². The maximum atomic E-state index is 9.71. The molecule has 0 bridgehead atoms. The smallest absolute Gasteiger partial charge is 0.348 e. The zero-order valence-electron chi connectivity index (χ0n) is 4.74. The minimum Gasteiger partial charge on any atom is -0.477 e. The van der Waals surface area contributed by atoms with Crippen LogP contribution in [0.3, 0.4) is 0 Å². The standard InChI is InChI=1S/C4H8N2O3/c7-2-1-5-6-3-4(8)9/h3,5,7H,1-2H2,(H,8,9)/b6-3+. The van der Waals surface area contributed by atoms with Crippen molar-refractivity contribution in [2.45, 2.75) is 0 Å². The second kappa shape index (κ2) is 5.04. The van der Waals surface area contributed by atoms with Crippen molar-refractivity contribution in [1.29, 1.82) is 0 Å². The summed E-state index contributed by atoms with van der Waals surface area (Å²) in [5, 5.41) is 19.3. The Hall–Kier alpha value is -1.10. The zero-order valence-corrected chi connectivity index (χ0v) is 4.74. The first-order valence-electron chi connectivity index (χ1n) is 2.37. The fraction of sp³-hybridized carbons (Fsp3) is 0.500. The van der Waals surface area contributed by atoms with Gasteiger partial charge in [-0.1, -0.05) is 0 Å². The molecule has 0 aliphatic carbocycles. The number of nitrogens with one attached hydrogen (secondary N) is 1. The molecule has 0 aliphatic heterocycles. The molecule has 9 heavy (non-hydrogen) atoms. The third-order valence-corrected chi connectivity index (χ3v) is 0.490. The summed E-state index contributed by atoms with van der Waals surface area (Å²) in [7, 11) is 0. The lowest BCUT2D eigenvalue weighted by molar-refractivity contribution is -0.128. The van der Waals surface area contributed by atoms with Crippen LogP contribution in [0, 0.1) is 0 Å². The van der Waals surface area contributed by atoms with Crippen LogP contribution in [0.4, 0.5) is 0 Å². The Bertz CT molecular complexity index is 112. The largest absolute Gasteiger partial charge is 0.477 e. The molecule has 0 saturated heterocycles. The van der Waals surface area contributed by atoms with Gasteiger partial charge < -0.3 is 15.6 Å². The van der Waals surface area contributed by atoms with Crippen molar-refractivity contribution in [3.05, 3.63) is 0 Å². The average Bonchev–Trinajstić information content (AvgIpc) is 1.80. The van der Waals surface area contributed by atoms with E-state index in [9.17, 15) is 4.79 Å². The highest BCUT2D eigenvalue weighted by atomic mass is 16.4. The van der Waals surface area contributed by atoms with E-state index in [4.69, 9.17) is 10.2 Å². The van der Waals surface area contributed by atoms with Gasteiger partial charge in [-0.25, -0.2) is 4.79 Å². The van der Waals surface area contributed by atoms with Gasteiger partial charge in [0, 0.05) is 0 Å². The Balaban J connectivity index is 3.15. The van der Waals surface area contributed by atoms with Crippen LogP contribution in [0.15, 0.2) is 5.10 Å². The maximum absolute atomic E-state index is 9.71. The fourth-order valence-electron chi connectivity index (χ4n) is 0.215. The minimum atomic E-state index is -1.11. The molecule has 0 aromatic heterocycles. The highest BCUT2D eigenvalue weighted by molar-refractivity contribution is 6.21. The van der Waals surface area contributed by atoms with Crippen LogP contribution in [-0.4, -0.2) is 35.5 Å². The highest BCUT2D eigenvalue weighted by Crippen LogP contribution is 1.57. The molecule has 0 radical (unpaired) electrons. The lowest BCUT2D eigenvalue weighted by Gasteiger charge is -1.90. The van der Waals surface area contributed by atoms with Gasteiger partial charge in [-0.3, -0.25) is 0 Å². The van der Waals surface area contributed by atoms with E-state index < -0.39 is 5.97 Å². The van der Waals surface area contributed by atoms with Gasteiger partial charge in [0.1, 0.15) is 6.21 Å². The Labute approximate surface area is 52.0 Å². The van der Waals surface area contributed by atoms with Crippen molar-refractivity contribution in [1.82, 2.24) is 5.43 Å². The summed E-state index contributed by atoms with van der Waals surface area (Å²) in [6.45, 7) is 0.209. The molecule has 0 aliphatic rings. The summed E-state index contributed by atoms with van der Waals surface area (Å²) in [4.78, 5) is 9.71. The maximum Gasteiger partial charge on any atom is 0.348 e. The number of rotatable bonds is 4. The van der Waals surface area contributed by atoms with Gasteiger partial charge in [0.2, 0.25) is 0 Å². The first kappa shape index (κ1) is 7.90. The molecule has 0 aromatic rings. The molecule has 5 heteroatoms. The van der Waals surface area contributed by atoms with Gasteiger partial charge in [-0.05, 0) is 0 Å². The average molecular weight is 132 g/mol. The van der Waals surface area contributed by atoms with Crippen molar-refractivity contribution >= 4 is 12.2 Å². The normalized spacial score (nSPS) is 9.89. The third kappa shape index (κ3) is 6.90. The summed E-state index contributed by atoms with van der Waals surface area (Å²) in [5.74, 6) is -1.11. The van der Waals surface area contributed by atoms with E-state index in [-0.39, 0.29) is 13.2 Å². The number of carboxylic acid groups (broad SMARTS) is 1. The Morgan fingerprint density at radius 2 is 2.44 bits per heavy atom. The minimum absolute atomic E-state index is 0.0586. The molecule has 0 spiro atoms. The van der Waals surface area contributed by atoms with E-state index >= 15 is 0 Å². The molecule has 0 fully saturated rings. The van der Waals surface area contributed by atoms with Gasteiger partial charge in [-0.2, -0.15) is 5.10 Å². The van der Waals surface area contributed by atoms with E-state index in [0.29, 0.717) is 0 Å².